The molecule has 34 heavy (non-hydrogen) atoms. The van der Waals surface area contributed by atoms with E-state index >= 15 is 0 Å². The molecule has 0 unspecified atom stereocenters. The largest absolute Gasteiger partial charge is 0.469 e. The average molecular weight is 495 g/mol. The number of aliphatic hydroxyl groups excluding tert-OH is 1. The minimum Gasteiger partial charge on any atom is -0.469 e. The molecular weight excluding hydrogens is 475 g/mol. The van der Waals surface area contributed by atoms with Crippen LogP contribution in [0.1, 0.15) is 11.1 Å². The Morgan fingerprint density at radius 3 is 2.50 bits per heavy atom. The zero-order valence-corrected chi connectivity index (χ0v) is 18.6. The molecule has 0 saturated carbocycles. The summed E-state index contributed by atoms with van der Waals surface area (Å²) in [6.07, 6.45) is -6.27. The first kappa shape index (κ1) is 23.9. The minimum absolute atomic E-state index is 0.0570. The fourth-order valence-corrected chi connectivity index (χ4v) is 4.34. The van der Waals surface area contributed by atoms with Crippen LogP contribution in [0.25, 0.3) is 11.3 Å². The molecule has 0 spiro atoms. The molecule has 3 aromatic rings. The number of hydrogen-bond acceptors (Lipinski definition) is 7. The second kappa shape index (κ2) is 9.20. The predicted molar refractivity (Wildman–Crippen MR) is 116 cm³/mol. The van der Waals surface area contributed by atoms with Gasteiger partial charge in [-0.25, -0.2) is 4.98 Å². The first-order valence-electron chi connectivity index (χ1n) is 10.1. The first-order chi connectivity index (χ1) is 16.0. The normalized spacial score (nSPS) is 18.6. The molecule has 12 heteroatoms. The lowest BCUT2D eigenvalue weighted by Gasteiger charge is -2.16. The summed E-state index contributed by atoms with van der Waals surface area (Å²) < 4.78 is 79.4. The molecule has 8 nitrogen and oxygen atoms in total. The lowest BCUT2D eigenvalue weighted by atomic mass is 10.0. The standard InChI is InChI=1S/C22H20F3N3O5S/c1-13-5-2-3-6-14(13)21-15(22(23,24)25)9-10-18(26-21)28-34(30,31)20-8-4-7-19(27-20)33-17-12-32-11-16(17)29/h2-10,16-17,29H,11-12H2,1H3,(H,26,28)/t16-,17+/m0/s1. The Morgan fingerprint density at radius 1 is 1.06 bits per heavy atom. The summed E-state index contributed by atoms with van der Waals surface area (Å²) in [5.74, 6) is -0.364. The minimum atomic E-state index is -4.69. The van der Waals surface area contributed by atoms with Crippen LogP contribution in [0.15, 0.2) is 59.6 Å². The number of halogens is 3. The smallest absolute Gasteiger partial charge is 0.418 e. The maximum Gasteiger partial charge on any atom is 0.418 e. The molecule has 0 amide bonds. The van der Waals surface area contributed by atoms with Gasteiger partial charge in [0.2, 0.25) is 5.88 Å². The molecule has 0 aliphatic carbocycles. The molecule has 2 atom stereocenters. The maximum atomic E-state index is 13.6. The number of nitrogens with one attached hydrogen (secondary N) is 1. The Bertz CT molecular complexity index is 1300. The zero-order chi connectivity index (χ0) is 24.5. The van der Waals surface area contributed by atoms with E-state index in [1.165, 1.54) is 24.3 Å². The van der Waals surface area contributed by atoms with Gasteiger partial charge in [-0.15, -0.1) is 0 Å². The van der Waals surface area contributed by atoms with Gasteiger partial charge in [0.15, 0.2) is 11.1 Å². The molecule has 1 fully saturated rings. The predicted octanol–water partition coefficient (Wildman–Crippen LogP) is 3.41. The van der Waals surface area contributed by atoms with Gasteiger partial charge in [-0.3, -0.25) is 4.72 Å². The lowest BCUT2D eigenvalue weighted by Crippen LogP contribution is -2.30. The van der Waals surface area contributed by atoms with Crippen molar-refractivity contribution in [3.05, 3.63) is 65.7 Å². The van der Waals surface area contributed by atoms with E-state index in [9.17, 15) is 26.7 Å². The highest BCUT2D eigenvalue weighted by Crippen LogP contribution is 2.38. The monoisotopic (exact) mass is 495 g/mol. The molecular formula is C22H20F3N3O5S. The molecule has 180 valence electrons. The molecule has 0 bridgehead atoms. The highest BCUT2D eigenvalue weighted by molar-refractivity contribution is 7.92. The number of ether oxygens (including phenoxy) is 2. The topological polar surface area (TPSA) is 111 Å². The van der Waals surface area contributed by atoms with Gasteiger partial charge in [-0.1, -0.05) is 30.3 Å². The van der Waals surface area contributed by atoms with Gasteiger partial charge in [0.05, 0.1) is 24.5 Å². The third kappa shape index (κ3) is 5.13. The van der Waals surface area contributed by atoms with Crippen molar-refractivity contribution in [3.63, 3.8) is 0 Å². The molecule has 4 rings (SSSR count). The Kier molecular flexibility index (Phi) is 6.47. The Balaban J connectivity index is 1.65. The fourth-order valence-electron chi connectivity index (χ4n) is 3.38. The summed E-state index contributed by atoms with van der Waals surface area (Å²) >= 11 is 0. The van der Waals surface area contributed by atoms with Gasteiger partial charge >= 0.3 is 6.18 Å². The quantitative estimate of drug-likeness (QED) is 0.539. The number of anilines is 1. The van der Waals surface area contributed by atoms with Crippen molar-refractivity contribution in [2.45, 2.75) is 30.3 Å². The fraction of sp³-hybridized carbons (Fsp3) is 0.273. The second-order valence-electron chi connectivity index (χ2n) is 7.59. The highest BCUT2D eigenvalue weighted by atomic mass is 32.2. The number of alkyl halides is 3. The Morgan fingerprint density at radius 2 is 1.82 bits per heavy atom. The first-order valence-corrected chi connectivity index (χ1v) is 11.6. The summed E-state index contributed by atoms with van der Waals surface area (Å²) in [4.78, 5) is 7.92. The number of aliphatic hydroxyl groups is 1. The molecule has 1 aliphatic heterocycles. The highest BCUT2D eigenvalue weighted by Gasteiger charge is 2.35. The van der Waals surface area contributed by atoms with Gasteiger partial charge in [-0.2, -0.15) is 26.6 Å². The van der Waals surface area contributed by atoms with Gasteiger partial charge < -0.3 is 14.6 Å². The Hall–Kier alpha value is -3.22. The van der Waals surface area contributed by atoms with Crippen LogP contribution in [0.3, 0.4) is 0 Å². The van der Waals surface area contributed by atoms with Crippen molar-refractivity contribution in [2.24, 2.45) is 0 Å². The van der Waals surface area contributed by atoms with Crippen molar-refractivity contribution >= 4 is 15.8 Å². The van der Waals surface area contributed by atoms with E-state index in [1.54, 1.807) is 25.1 Å². The van der Waals surface area contributed by atoms with Gasteiger partial charge in [0, 0.05) is 11.6 Å². The number of sulfonamides is 1. The third-order valence-corrected chi connectivity index (χ3v) is 6.34. The van der Waals surface area contributed by atoms with E-state index in [2.05, 4.69) is 14.7 Å². The number of aromatic nitrogens is 2. The maximum absolute atomic E-state index is 13.6. The van der Waals surface area contributed by atoms with E-state index in [0.717, 1.165) is 12.1 Å². The number of rotatable bonds is 6. The van der Waals surface area contributed by atoms with Crippen LogP contribution >= 0.6 is 0 Å². The summed E-state index contributed by atoms with van der Waals surface area (Å²) in [5.41, 5.74) is -0.617. The van der Waals surface area contributed by atoms with Crippen molar-refractivity contribution in [1.29, 1.82) is 0 Å². The van der Waals surface area contributed by atoms with E-state index in [-0.39, 0.29) is 30.5 Å². The molecule has 1 saturated heterocycles. The number of aryl methyl sites for hydroxylation is 1. The third-order valence-electron chi connectivity index (χ3n) is 5.09. The van der Waals surface area contributed by atoms with Crippen molar-refractivity contribution < 1.29 is 36.2 Å². The summed E-state index contributed by atoms with van der Waals surface area (Å²) in [6.45, 7) is 1.85. The summed E-state index contributed by atoms with van der Waals surface area (Å²) in [6, 6.07) is 12.1. The van der Waals surface area contributed by atoms with Crippen LogP contribution in [0, 0.1) is 6.92 Å². The number of benzene rings is 1. The van der Waals surface area contributed by atoms with Crippen LogP contribution < -0.4 is 9.46 Å². The van der Waals surface area contributed by atoms with Crippen molar-refractivity contribution in [3.8, 4) is 17.1 Å². The van der Waals surface area contributed by atoms with Crippen LogP contribution in [0.2, 0.25) is 0 Å². The molecule has 2 N–H and O–H groups in total. The molecule has 2 aromatic heterocycles. The molecule has 0 radical (unpaired) electrons. The van der Waals surface area contributed by atoms with Crippen LogP contribution in [-0.2, 0) is 20.9 Å². The van der Waals surface area contributed by atoms with E-state index in [1.807, 2.05) is 0 Å². The van der Waals surface area contributed by atoms with Gasteiger partial charge in [0.25, 0.3) is 10.0 Å². The number of pyridine rings is 2. The van der Waals surface area contributed by atoms with E-state index < -0.39 is 44.7 Å². The SMILES string of the molecule is Cc1ccccc1-c1nc(NS(=O)(=O)c2cccc(O[C@@H]3COC[C@@H]3O)n2)ccc1C(F)(F)F. The van der Waals surface area contributed by atoms with Crippen LogP contribution in [0.5, 0.6) is 5.88 Å². The lowest BCUT2D eigenvalue weighted by molar-refractivity contribution is -0.137. The number of nitrogens with zero attached hydrogens (tertiary/aromatic N) is 2. The van der Waals surface area contributed by atoms with Gasteiger partial charge in [0.1, 0.15) is 11.9 Å². The van der Waals surface area contributed by atoms with Crippen molar-refractivity contribution in [2.75, 3.05) is 17.9 Å². The number of hydrogen-bond donors (Lipinski definition) is 2. The summed E-state index contributed by atoms with van der Waals surface area (Å²) in [5, 5.41) is 9.36. The molecule has 3 heterocycles. The van der Waals surface area contributed by atoms with E-state index in [0.29, 0.717) is 5.56 Å². The molecule has 1 aromatic carbocycles. The van der Waals surface area contributed by atoms with Crippen molar-refractivity contribution in [1.82, 2.24) is 9.97 Å². The zero-order valence-electron chi connectivity index (χ0n) is 17.8. The summed E-state index contributed by atoms with van der Waals surface area (Å²) in [7, 11) is -4.32. The average Bonchev–Trinajstić information content (AvgIpc) is 3.17. The second-order valence-corrected chi connectivity index (χ2v) is 9.22. The van der Waals surface area contributed by atoms with E-state index in [4.69, 9.17) is 9.47 Å². The van der Waals surface area contributed by atoms with Crippen LogP contribution in [-0.4, -0.2) is 48.9 Å². The van der Waals surface area contributed by atoms with Gasteiger partial charge in [-0.05, 0) is 30.7 Å². The molecule has 1 aliphatic rings. The Labute approximate surface area is 193 Å². The van der Waals surface area contributed by atoms with Crippen LogP contribution in [0.4, 0.5) is 19.0 Å².